The van der Waals surface area contributed by atoms with Crippen molar-refractivity contribution in [2.24, 2.45) is 0 Å². The summed E-state index contributed by atoms with van der Waals surface area (Å²) in [5.74, 6) is -0.356. The Morgan fingerprint density at radius 1 is 1.24 bits per heavy atom. The third kappa shape index (κ3) is 3.87. The van der Waals surface area contributed by atoms with E-state index in [9.17, 15) is 9.90 Å². The lowest BCUT2D eigenvalue weighted by atomic mass is 9.98. The van der Waals surface area contributed by atoms with Crippen LogP contribution in [0.25, 0.3) is 0 Å². The number of hydrogen-bond donors (Lipinski definition) is 1. The highest BCUT2D eigenvalue weighted by atomic mass is 79.9. The number of benzene rings is 1. The lowest BCUT2D eigenvalue weighted by Gasteiger charge is -2.18. The summed E-state index contributed by atoms with van der Waals surface area (Å²) in [6.07, 6.45) is 0.561. The van der Waals surface area contributed by atoms with Crippen LogP contribution in [0, 0.1) is 6.92 Å². The number of aromatic hydroxyl groups is 1. The topological polar surface area (TPSA) is 74.2 Å². The fourth-order valence-electron chi connectivity index (χ4n) is 1.96. The largest absolute Gasteiger partial charge is 0.506 e. The van der Waals surface area contributed by atoms with Gasteiger partial charge in [0.05, 0.1) is 0 Å². The van der Waals surface area contributed by atoms with E-state index in [-0.39, 0.29) is 30.6 Å². The number of phenols is 1. The van der Waals surface area contributed by atoms with Gasteiger partial charge >= 0.3 is 5.97 Å². The number of carbonyl (C=O) groups is 1. The van der Waals surface area contributed by atoms with Crippen LogP contribution in [-0.4, -0.2) is 38.9 Å². The number of carbonyl (C=O) groups excluding carboxylic acids is 1. The van der Waals surface area contributed by atoms with E-state index in [1.165, 1.54) is 14.2 Å². The van der Waals surface area contributed by atoms with E-state index < -0.39 is 5.97 Å². The summed E-state index contributed by atoms with van der Waals surface area (Å²) in [5, 5.41) is 10.2. The summed E-state index contributed by atoms with van der Waals surface area (Å²) in [5.41, 5.74) is 1.49. The fraction of sp³-hybridized carbons (Fsp3) is 0.500. The van der Waals surface area contributed by atoms with E-state index in [4.69, 9.17) is 18.9 Å². The molecule has 1 aromatic rings. The third-order valence-corrected chi connectivity index (χ3v) is 3.67. The molecule has 0 spiro atoms. The second-order valence-electron chi connectivity index (χ2n) is 4.21. The maximum Gasteiger partial charge on any atom is 0.344 e. The van der Waals surface area contributed by atoms with Gasteiger partial charge in [-0.25, -0.2) is 4.79 Å². The Balaban J connectivity index is 3.41. The highest BCUT2D eigenvalue weighted by Crippen LogP contribution is 2.42. The molecule has 6 nitrogen and oxygen atoms in total. The normalized spacial score (nSPS) is 10.5. The van der Waals surface area contributed by atoms with Crippen molar-refractivity contribution in [2.45, 2.75) is 20.3 Å². The van der Waals surface area contributed by atoms with Gasteiger partial charge in [0.15, 0.2) is 19.3 Å². The second-order valence-corrected chi connectivity index (χ2v) is 5.01. The predicted octanol–water partition coefficient (Wildman–Crippen LogP) is 2.77. The minimum Gasteiger partial charge on any atom is -0.506 e. The van der Waals surface area contributed by atoms with Gasteiger partial charge in [-0.1, -0.05) is 6.92 Å². The Hall–Kier alpha value is -1.31. The van der Waals surface area contributed by atoms with Crippen LogP contribution in [0.2, 0.25) is 0 Å². The Morgan fingerprint density at radius 3 is 2.38 bits per heavy atom. The lowest BCUT2D eigenvalue weighted by Crippen LogP contribution is -2.14. The van der Waals surface area contributed by atoms with E-state index in [1.54, 1.807) is 6.92 Å². The first-order valence-electron chi connectivity index (χ1n) is 6.31. The standard InChI is InChI=1S/C14H19BrO6/c1-5-9-8(2)10(14(17)21-7-19-4)13(20-6-18-3)11(15)12(9)16/h16H,5-7H2,1-4H3. The molecule has 1 aromatic carbocycles. The molecule has 0 heterocycles. The van der Waals surface area contributed by atoms with Gasteiger partial charge in [-0.15, -0.1) is 0 Å². The highest BCUT2D eigenvalue weighted by molar-refractivity contribution is 9.10. The van der Waals surface area contributed by atoms with E-state index in [0.717, 1.165) is 0 Å². The summed E-state index contributed by atoms with van der Waals surface area (Å²) in [4.78, 5) is 12.2. The quantitative estimate of drug-likeness (QED) is 0.593. The monoisotopic (exact) mass is 362 g/mol. The maximum atomic E-state index is 12.2. The molecule has 1 N–H and O–H groups in total. The first-order valence-corrected chi connectivity index (χ1v) is 7.10. The van der Waals surface area contributed by atoms with Crippen molar-refractivity contribution in [3.05, 3.63) is 21.2 Å². The second kappa shape index (κ2) is 8.21. The van der Waals surface area contributed by atoms with Crippen molar-refractivity contribution in [1.29, 1.82) is 0 Å². The third-order valence-electron chi connectivity index (χ3n) is 2.93. The Morgan fingerprint density at radius 2 is 1.86 bits per heavy atom. The van der Waals surface area contributed by atoms with E-state index >= 15 is 0 Å². The van der Waals surface area contributed by atoms with Crippen LogP contribution in [0.1, 0.15) is 28.4 Å². The van der Waals surface area contributed by atoms with Crippen LogP contribution in [-0.2, 0) is 20.6 Å². The van der Waals surface area contributed by atoms with Crippen molar-refractivity contribution in [2.75, 3.05) is 27.8 Å². The minimum absolute atomic E-state index is 0.0457. The van der Waals surface area contributed by atoms with Crippen LogP contribution in [0.5, 0.6) is 11.5 Å². The molecular formula is C14H19BrO6. The SMILES string of the molecule is CCc1c(C)c(C(=O)OCOC)c(OCOC)c(Br)c1O. The zero-order valence-corrected chi connectivity index (χ0v) is 14.1. The van der Waals surface area contributed by atoms with Crippen LogP contribution in [0.15, 0.2) is 4.47 Å². The number of hydrogen-bond acceptors (Lipinski definition) is 6. The molecule has 0 fully saturated rings. The fourth-order valence-corrected chi connectivity index (χ4v) is 2.52. The molecule has 0 radical (unpaired) electrons. The van der Waals surface area contributed by atoms with Crippen molar-refractivity contribution < 1.29 is 28.8 Å². The van der Waals surface area contributed by atoms with E-state index in [0.29, 0.717) is 22.0 Å². The predicted molar refractivity (Wildman–Crippen MR) is 79.7 cm³/mol. The summed E-state index contributed by atoms with van der Waals surface area (Å²) in [6.45, 7) is 3.39. The van der Waals surface area contributed by atoms with Gasteiger partial charge in [-0.05, 0) is 40.4 Å². The summed E-state index contributed by atoms with van der Waals surface area (Å²) < 4.78 is 20.3. The molecule has 0 aliphatic heterocycles. The zero-order chi connectivity index (χ0) is 16.0. The molecule has 0 atom stereocenters. The van der Waals surface area contributed by atoms with Crippen LogP contribution in [0.4, 0.5) is 0 Å². The zero-order valence-electron chi connectivity index (χ0n) is 12.5. The van der Waals surface area contributed by atoms with Crippen molar-refractivity contribution in [3.8, 4) is 11.5 Å². The van der Waals surface area contributed by atoms with Crippen LogP contribution in [0.3, 0.4) is 0 Å². The molecule has 0 saturated heterocycles. The molecular weight excluding hydrogens is 344 g/mol. The van der Waals surface area contributed by atoms with Gasteiger partial charge in [0, 0.05) is 14.2 Å². The number of methoxy groups -OCH3 is 2. The Labute approximate surface area is 132 Å². The van der Waals surface area contributed by atoms with Gasteiger partial charge in [0.2, 0.25) is 0 Å². The molecule has 0 unspecified atom stereocenters. The van der Waals surface area contributed by atoms with Crippen molar-refractivity contribution >= 4 is 21.9 Å². The van der Waals surface area contributed by atoms with Gasteiger partial charge in [-0.2, -0.15) is 0 Å². The van der Waals surface area contributed by atoms with Gasteiger partial charge in [-0.3, -0.25) is 0 Å². The molecule has 0 saturated carbocycles. The summed E-state index contributed by atoms with van der Waals surface area (Å²) in [6, 6.07) is 0. The molecule has 0 aliphatic rings. The van der Waals surface area contributed by atoms with Crippen molar-refractivity contribution in [3.63, 3.8) is 0 Å². The molecule has 0 bridgehead atoms. The molecule has 118 valence electrons. The average molecular weight is 363 g/mol. The maximum absolute atomic E-state index is 12.2. The minimum atomic E-state index is -0.587. The van der Waals surface area contributed by atoms with Gasteiger partial charge in [0.1, 0.15) is 15.8 Å². The van der Waals surface area contributed by atoms with Gasteiger partial charge in [0.25, 0.3) is 0 Å². The molecule has 21 heavy (non-hydrogen) atoms. The lowest BCUT2D eigenvalue weighted by molar-refractivity contribution is -0.0133. The first kappa shape index (κ1) is 17.7. The van der Waals surface area contributed by atoms with E-state index in [2.05, 4.69) is 15.9 Å². The first-order chi connectivity index (χ1) is 9.99. The van der Waals surface area contributed by atoms with Crippen LogP contribution >= 0.6 is 15.9 Å². The van der Waals surface area contributed by atoms with E-state index in [1.807, 2.05) is 6.92 Å². The van der Waals surface area contributed by atoms with Crippen LogP contribution < -0.4 is 4.74 Å². The molecule has 0 aliphatic carbocycles. The number of ether oxygens (including phenoxy) is 4. The Bertz CT molecular complexity index is 515. The molecule has 7 heteroatoms. The van der Waals surface area contributed by atoms with Gasteiger partial charge < -0.3 is 24.1 Å². The molecule has 0 amide bonds. The summed E-state index contributed by atoms with van der Waals surface area (Å²) >= 11 is 3.25. The number of halogens is 1. The average Bonchev–Trinajstić information content (AvgIpc) is 2.47. The smallest absolute Gasteiger partial charge is 0.344 e. The number of phenolic OH excluding ortho intramolecular Hbond substituents is 1. The highest BCUT2D eigenvalue weighted by Gasteiger charge is 2.26. The molecule has 0 aromatic heterocycles. The number of esters is 1. The molecule has 1 rings (SSSR count). The summed E-state index contributed by atoms with van der Waals surface area (Å²) in [7, 11) is 2.89. The Kier molecular flexibility index (Phi) is 6.94. The number of rotatable bonds is 7. The van der Waals surface area contributed by atoms with Crippen molar-refractivity contribution in [1.82, 2.24) is 0 Å².